The molecule has 0 radical (unpaired) electrons. The lowest BCUT2D eigenvalue weighted by Gasteiger charge is -2.40. The summed E-state index contributed by atoms with van der Waals surface area (Å²) < 4.78 is 0. The van der Waals surface area contributed by atoms with Gasteiger partial charge in [0.15, 0.2) is 0 Å². The van der Waals surface area contributed by atoms with Crippen molar-refractivity contribution in [3.05, 3.63) is 29.8 Å². The molecule has 0 unspecified atom stereocenters. The number of nitrogens with two attached hydrogens (primary N) is 1. The first kappa shape index (κ1) is 19.0. The largest absolute Gasteiger partial charge is 0.481 e. The van der Waals surface area contributed by atoms with E-state index in [0.717, 1.165) is 31.6 Å². The number of anilines is 1. The van der Waals surface area contributed by atoms with Crippen LogP contribution in [0.3, 0.4) is 0 Å². The Bertz CT molecular complexity index is 690. The molecule has 0 atom stereocenters. The number of rotatable bonds is 4. The lowest BCUT2D eigenvalue weighted by Crippen LogP contribution is -2.54. The number of aliphatic carboxylic acids is 1. The van der Waals surface area contributed by atoms with Crippen molar-refractivity contribution in [2.75, 3.05) is 44.2 Å². The van der Waals surface area contributed by atoms with Crippen LogP contribution in [0.25, 0.3) is 0 Å². The van der Waals surface area contributed by atoms with Crippen molar-refractivity contribution >= 4 is 23.5 Å². The Balaban J connectivity index is 1.48. The predicted octanol–water partition coefficient (Wildman–Crippen LogP) is 1.40. The summed E-state index contributed by atoms with van der Waals surface area (Å²) in [5, 5.41) is 16.3. The third kappa shape index (κ3) is 4.69. The fourth-order valence-electron chi connectivity index (χ4n) is 3.78. The monoisotopic (exact) mass is 373 g/mol. The van der Waals surface area contributed by atoms with Gasteiger partial charge in [0, 0.05) is 56.9 Å². The zero-order valence-electron chi connectivity index (χ0n) is 15.4. The van der Waals surface area contributed by atoms with E-state index in [4.69, 9.17) is 16.2 Å². The van der Waals surface area contributed by atoms with Crippen LogP contribution in [0, 0.1) is 11.3 Å². The summed E-state index contributed by atoms with van der Waals surface area (Å²) >= 11 is 0. The quantitative estimate of drug-likeness (QED) is 0.545. The highest BCUT2D eigenvalue weighted by molar-refractivity contribution is 5.95. The predicted molar refractivity (Wildman–Crippen MR) is 103 cm³/mol. The Labute approximate surface area is 159 Å². The number of amidine groups is 1. The highest BCUT2D eigenvalue weighted by Crippen LogP contribution is 2.22. The second-order valence-electron chi connectivity index (χ2n) is 7.25. The summed E-state index contributed by atoms with van der Waals surface area (Å²) in [5.41, 5.74) is 7.27. The van der Waals surface area contributed by atoms with Crippen molar-refractivity contribution in [2.45, 2.75) is 19.3 Å². The minimum absolute atomic E-state index is 0.0593. The number of benzene rings is 1. The summed E-state index contributed by atoms with van der Waals surface area (Å²) in [6, 6.07) is 7.67. The summed E-state index contributed by atoms with van der Waals surface area (Å²) in [6.07, 6.45) is 1.73. The summed E-state index contributed by atoms with van der Waals surface area (Å²) in [7, 11) is 0. The van der Waals surface area contributed by atoms with Crippen LogP contribution in [-0.4, -0.2) is 72.0 Å². The molecule has 1 aromatic carbocycles. The van der Waals surface area contributed by atoms with Gasteiger partial charge in [0.05, 0.1) is 0 Å². The molecule has 8 heteroatoms. The molecule has 0 aliphatic carbocycles. The van der Waals surface area contributed by atoms with Crippen molar-refractivity contribution in [3.63, 3.8) is 0 Å². The minimum atomic E-state index is -0.757. The molecule has 0 bridgehead atoms. The number of carbonyl (C=O) groups is 2. The Morgan fingerprint density at radius 3 is 2.07 bits per heavy atom. The first-order valence-corrected chi connectivity index (χ1v) is 9.39. The van der Waals surface area contributed by atoms with E-state index in [1.54, 1.807) is 0 Å². The van der Waals surface area contributed by atoms with E-state index in [9.17, 15) is 9.59 Å². The van der Waals surface area contributed by atoms with E-state index in [1.165, 1.54) is 0 Å². The van der Waals surface area contributed by atoms with Crippen LogP contribution in [0.4, 0.5) is 10.5 Å². The third-order valence-corrected chi connectivity index (χ3v) is 5.44. The van der Waals surface area contributed by atoms with Gasteiger partial charge in [-0.3, -0.25) is 10.2 Å². The molecule has 27 heavy (non-hydrogen) atoms. The van der Waals surface area contributed by atoms with Crippen molar-refractivity contribution in [3.8, 4) is 0 Å². The standard InChI is InChI=1S/C19H27N5O3/c20-18(21)15-1-3-16(4-2-15)22-9-11-24(12-10-22)19(27)23-7-5-14(6-8-23)13-17(25)26/h1-4,14H,5-13H2,(H3,20,21)(H,25,26). The second kappa shape index (κ2) is 8.28. The summed E-state index contributed by atoms with van der Waals surface area (Å²) in [6.45, 7) is 4.15. The van der Waals surface area contributed by atoms with Gasteiger partial charge in [0.25, 0.3) is 0 Å². The number of carbonyl (C=O) groups excluding carboxylic acids is 1. The Morgan fingerprint density at radius 1 is 1.00 bits per heavy atom. The van der Waals surface area contributed by atoms with E-state index in [0.29, 0.717) is 31.7 Å². The molecule has 8 nitrogen and oxygen atoms in total. The zero-order valence-corrected chi connectivity index (χ0v) is 15.4. The van der Waals surface area contributed by atoms with Crippen molar-refractivity contribution < 1.29 is 14.7 Å². The first-order chi connectivity index (χ1) is 12.9. The number of hydrogen-bond acceptors (Lipinski definition) is 4. The van der Waals surface area contributed by atoms with Gasteiger partial charge in [-0.05, 0) is 43.0 Å². The minimum Gasteiger partial charge on any atom is -0.481 e. The molecule has 0 aromatic heterocycles. The average Bonchev–Trinajstić information content (AvgIpc) is 2.68. The molecule has 2 amide bonds. The van der Waals surface area contributed by atoms with Crippen molar-refractivity contribution in [1.82, 2.24) is 9.80 Å². The van der Waals surface area contributed by atoms with Crippen LogP contribution < -0.4 is 10.6 Å². The van der Waals surface area contributed by atoms with Crippen LogP contribution in [-0.2, 0) is 4.79 Å². The molecule has 2 saturated heterocycles. The SMILES string of the molecule is N=C(N)c1ccc(N2CCN(C(=O)N3CCC(CC(=O)O)CC3)CC2)cc1. The van der Waals surface area contributed by atoms with Crippen molar-refractivity contribution in [1.29, 1.82) is 5.41 Å². The number of hydrogen-bond donors (Lipinski definition) is 3. The Hall–Kier alpha value is -2.77. The lowest BCUT2D eigenvalue weighted by atomic mass is 9.94. The molecule has 0 spiro atoms. The highest BCUT2D eigenvalue weighted by Gasteiger charge is 2.29. The van der Waals surface area contributed by atoms with Crippen LogP contribution in [0.5, 0.6) is 0 Å². The molecule has 2 heterocycles. The van der Waals surface area contributed by atoms with Gasteiger partial charge in [-0.15, -0.1) is 0 Å². The van der Waals surface area contributed by atoms with E-state index in [1.807, 2.05) is 34.1 Å². The van der Waals surface area contributed by atoms with E-state index < -0.39 is 5.97 Å². The smallest absolute Gasteiger partial charge is 0.320 e. The summed E-state index contributed by atoms with van der Waals surface area (Å²) in [4.78, 5) is 29.5. The van der Waals surface area contributed by atoms with E-state index in [-0.39, 0.29) is 24.2 Å². The number of carboxylic acids is 1. The normalized spacial score (nSPS) is 18.4. The number of likely N-dealkylation sites (tertiary alicyclic amines) is 1. The molecule has 3 rings (SSSR count). The molecule has 2 fully saturated rings. The molecule has 0 saturated carbocycles. The maximum atomic E-state index is 12.7. The van der Waals surface area contributed by atoms with Crippen LogP contribution >= 0.6 is 0 Å². The number of nitrogens with zero attached hydrogens (tertiary/aromatic N) is 3. The van der Waals surface area contributed by atoms with Crippen LogP contribution in [0.1, 0.15) is 24.8 Å². The van der Waals surface area contributed by atoms with Gasteiger partial charge in [-0.25, -0.2) is 4.79 Å². The number of piperidine rings is 1. The molecule has 2 aliphatic rings. The fourth-order valence-corrected chi connectivity index (χ4v) is 3.78. The van der Waals surface area contributed by atoms with Gasteiger partial charge in [-0.2, -0.15) is 0 Å². The molecular formula is C19H27N5O3. The molecule has 146 valence electrons. The van der Waals surface area contributed by atoms with Gasteiger partial charge in [-0.1, -0.05) is 0 Å². The molecule has 4 N–H and O–H groups in total. The topological polar surface area (TPSA) is 114 Å². The summed E-state index contributed by atoms with van der Waals surface area (Å²) in [5.74, 6) is -0.516. The first-order valence-electron chi connectivity index (χ1n) is 9.39. The van der Waals surface area contributed by atoms with Gasteiger partial charge in [0.1, 0.15) is 5.84 Å². The zero-order chi connectivity index (χ0) is 19.4. The number of urea groups is 1. The van der Waals surface area contributed by atoms with Gasteiger partial charge >= 0.3 is 12.0 Å². The Morgan fingerprint density at radius 2 is 1.56 bits per heavy atom. The lowest BCUT2D eigenvalue weighted by molar-refractivity contribution is -0.138. The number of carboxylic acid groups (broad SMARTS) is 1. The van der Waals surface area contributed by atoms with Crippen LogP contribution in [0.2, 0.25) is 0 Å². The average molecular weight is 373 g/mol. The molecule has 1 aromatic rings. The number of piperazine rings is 1. The number of nitrogens with one attached hydrogen (secondary N) is 1. The number of amides is 2. The fraction of sp³-hybridized carbons (Fsp3) is 0.526. The van der Waals surface area contributed by atoms with E-state index >= 15 is 0 Å². The molecular weight excluding hydrogens is 346 g/mol. The van der Waals surface area contributed by atoms with Gasteiger partial charge < -0.3 is 25.5 Å². The maximum absolute atomic E-state index is 12.7. The maximum Gasteiger partial charge on any atom is 0.320 e. The van der Waals surface area contributed by atoms with Crippen LogP contribution in [0.15, 0.2) is 24.3 Å². The van der Waals surface area contributed by atoms with Gasteiger partial charge in [0.2, 0.25) is 0 Å². The highest BCUT2D eigenvalue weighted by atomic mass is 16.4. The van der Waals surface area contributed by atoms with E-state index in [2.05, 4.69) is 4.90 Å². The Kier molecular flexibility index (Phi) is 5.83. The van der Waals surface area contributed by atoms with Crippen molar-refractivity contribution in [2.24, 2.45) is 11.7 Å². The second-order valence-corrected chi connectivity index (χ2v) is 7.25. The number of nitrogen functional groups attached to an aromatic ring is 1. The molecule has 2 aliphatic heterocycles. The third-order valence-electron chi connectivity index (χ3n) is 5.44.